The molecule has 1 atom stereocenters. The van der Waals surface area contributed by atoms with Crippen LogP contribution in [0.1, 0.15) is 77.6 Å². The van der Waals surface area contributed by atoms with Crippen molar-refractivity contribution in [3.05, 3.63) is 0 Å². The smallest absolute Gasteiger partial charge is 0.153 e. The van der Waals surface area contributed by atoms with E-state index in [9.17, 15) is 8.42 Å². The number of rotatable bonds is 10. The van der Waals surface area contributed by atoms with Crippen LogP contribution >= 0.6 is 0 Å². The van der Waals surface area contributed by atoms with Crippen LogP contribution in [-0.4, -0.2) is 19.4 Å². The fourth-order valence-corrected chi connectivity index (χ4v) is 3.96. The quantitative estimate of drug-likeness (QED) is 0.554. The Balaban J connectivity index is 1.82. The first-order valence-electron chi connectivity index (χ1n) is 7.38. The summed E-state index contributed by atoms with van der Waals surface area (Å²) in [5.74, 6) is 0.440. The highest BCUT2D eigenvalue weighted by Crippen LogP contribution is 2.25. The van der Waals surface area contributed by atoms with Crippen LogP contribution in [0, 0.1) is 0 Å². The van der Waals surface area contributed by atoms with E-state index >= 15 is 0 Å². The standard InChI is InChI=1S/C14H28O2S/c1-2-3-4-5-6-7-8-9-10-11-14-12-13-17(14,15)16/h14H,2-13H2,1H3. The summed E-state index contributed by atoms with van der Waals surface area (Å²) in [6.07, 6.45) is 13.6. The number of hydrogen-bond donors (Lipinski definition) is 0. The molecular weight excluding hydrogens is 232 g/mol. The molecule has 1 unspecified atom stereocenters. The van der Waals surface area contributed by atoms with Gasteiger partial charge in [0.1, 0.15) is 0 Å². The summed E-state index contributed by atoms with van der Waals surface area (Å²) in [6, 6.07) is 0. The van der Waals surface area contributed by atoms with Crippen molar-refractivity contribution >= 4 is 9.84 Å². The van der Waals surface area contributed by atoms with E-state index in [4.69, 9.17) is 0 Å². The van der Waals surface area contributed by atoms with Gasteiger partial charge in [-0.05, 0) is 12.8 Å². The van der Waals surface area contributed by atoms with E-state index in [1.807, 2.05) is 0 Å². The molecule has 3 heteroatoms. The highest BCUT2D eigenvalue weighted by atomic mass is 32.2. The van der Waals surface area contributed by atoms with Crippen molar-refractivity contribution in [1.82, 2.24) is 0 Å². The summed E-state index contributed by atoms with van der Waals surface area (Å²) in [6.45, 7) is 2.24. The minimum absolute atomic E-state index is 0.0204. The van der Waals surface area contributed by atoms with Gasteiger partial charge in [-0.3, -0.25) is 0 Å². The van der Waals surface area contributed by atoms with Crippen LogP contribution in [0.3, 0.4) is 0 Å². The lowest BCUT2D eigenvalue weighted by molar-refractivity contribution is 0.509. The molecule has 0 aromatic heterocycles. The molecule has 1 aliphatic heterocycles. The Labute approximate surface area is 107 Å². The van der Waals surface area contributed by atoms with Gasteiger partial charge in [-0.15, -0.1) is 0 Å². The van der Waals surface area contributed by atoms with E-state index in [1.54, 1.807) is 0 Å². The normalized spacial score (nSPS) is 22.3. The predicted molar refractivity (Wildman–Crippen MR) is 74.0 cm³/mol. The monoisotopic (exact) mass is 260 g/mol. The van der Waals surface area contributed by atoms with E-state index in [-0.39, 0.29) is 5.25 Å². The van der Waals surface area contributed by atoms with E-state index in [2.05, 4.69) is 6.92 Å². The molecule has 1 aliphatic rings. The van der Waals surface area contributed by atoms with Crippen LogP contribution in [-0.2, 0) is 9.84 Å². The summed E-state index contributed by atoms with van der Waals surface area (Å²) in [4.78, 5) is 0. The summed E-state index contributed by atoms with van der Waals surface area (Å²) < 4.78 is 22.6. The molecule has 0 amide bonds. The number of sulfone groups is 1. The maximum Gasteiger partial charge on any atom is 0.153 e. The largest absolute Gasteiger partial charge is 0.229 e. The first kappa shape index (κ1) is 15.0. The van der Waals surface area contributed by atoms with Gasteiger partial charge >= 0.3 is 0 Å². The van der Waals surface area contributed by atoms with E-state index in [0.29, 0.717) is 5.75 Å². The fraction of sp³-hybridized carbons (Fsp3) is 1.00. The van der Waals surface area contributed by atoms with E-state index in [0.717, 1.165) is 19.3 Å². The first-order valence-corrected chi connectivity index (χ1v) is 9.10. The van der Waals surface area contributed by atoms with Gasteiger partial charge in [0.25, 0.3) is 0 Å². The van der Waals surface area contributed by atoms with Crippen LogP contribution in [0.4, 0.5) is 0 Å². The average Bonchev–Trinajstić information content (AvgIpc) is 2.30. The zero-order chi connectivity index (χ0) is 12.6. The zero-order valence-electron chi connectivity index (χ0n) is 11.3. The predicted octanol–water partition coefficient (Wildman–Crippen LogP) is 4.09. The van der Waals surface area contributed by atoms with Crippen molar-refractivity contribution in [3.8, 4) is 0 Å². The second-order valence-electron chi connectivity index (χ2n) is 5.39. The Morgan fingerprint density at radius 3 is 1.82 bits per heavy atom. The third kappa shape index (κ3) is 5.89. The summed E-state index contributed by atoms with van der Waals surface area (Å²) in [5, 5.41) is 0.0204. The number of hydrogen-bond acceptors (Lipinski definition) is 2. The molecule has 0 N–H and O–H groups in total. The zero-order valence-corrected chi connectivity index (χ0v) is 12.1. The van der Waals surface area contributed by atoms with Gasteiger partial charge in [-0.1, -0.05) is 64.7 Å². The Hall–Kier alpha value is -0.0500. The highest BCUT2D eigenvalue weighted by Gasteiger charge is 2.34. The lowest BCUT2D eigenvalue weighted by Crippen LogP contribution is -2.36. The van der Waals surface area contributed by atoms with Gasteiger partial charge in [0.15, 0.2) is 9.84 Å². The van der Waals surface area contributed by atoms with Crippen molar-refractivity contribution < 1.29 is 8.42 Å². The van der Waals surface area contributed by atoms with Gasteiger partial charge in [-0.2, -0.15) is 0 Å². The van der Waals surface area contributed by atoms with Crippen molar-refractivity contribution in [2.24, 2.45) is 0 Å². The van der Waals surface area contributed by atoms with Crippen LogP contribution < -0.4 is 0 Å². The molecule has 1 fully saturated rings. The maximum absolute atomic E-state index is 11.3. The molecule has 0 saturated carbocycles. The second-order valence-corrected chi connectivity index (χ2v) is 7.80. The Morgan fingerprint density at radius 2 is 1.41 bits per heavy atom. The van der Waals surface area contributed by atoms with Gasteiger partial charge in [-0.25, -0.2) is 8.42 Å². The van der Waals surface area contributed by atoms with Crippen LogP contribution in [0.2, 0.25) is 0 Å². The Bertz CT molecular complexity index is 283. The molecule has 0 radical (unpaired) electrons. The van der Waals surface area contributed by atoms with Crippen LogP contribution in [0.5, 0.6) is 0 Å². The van der Waals surface area contributed by atoms with Gasteiger partial charge < -0.3 is 0 Å². The van der Waals surface area contributed by atoms with Crippen molar-refractivity contribution in [2.45, 2.75) is 82.8 Å². The molecule has 1 rings (SSSR count). The first-order chi connectivity index (χ1) is 8.17. The second kappa shape index (κ2) is 8.12. The minimum atomic E-state index is -2.63. The van der Waals surface area contributed by atoms with Gasteiger partial charge in [0, 0.05) is 0 Å². The summed E-state index contributed by atoms with van der Waals surface area (Å²) >= 11 is 0. The Kier molecular flexibility index (Phi) is 7.17. The number of unbranched alkanes of at least 4 members (excludes halogenated alkanes) is 8. The van der Waals surface area contributed by atoms with Crippen LogP contribution in [0.15, 0.2) is 0 Å². The van der Waals surface area contributed by atoms with Crippen molar-refractivity contribution in [1.29, 1.82) is 0 Å². The molecule has 0 aromatic carbocycles. The molecule has 1 saturated heterocycles. The molecule has 0 aliphatic carbocycles. The molecule has 0 spiro atoms. The molecule has 2 nitrogen and oxygen atoms in total. The summed E-state index contributed by atoms with van der Waals surface area (Å²) in [7, 11) is -2.63. The van der Waals surface area contributed by atoms with Crippen molar-refractivity contribution in [3.63, 3.8) is 0 Å². The minimum Gasteiger partial charge on any atom is -0.229 e. The molecule has 17 heavy (non-hydrogen) atoms. The van der Waals surface area contributed by atoms with Crippen LogP contribution in [0.25, 0.3) is 0 Å². The topological polar surface area (TPSA) is 34.1 Å². The Morgan fingerprint density at radius 1 is 0.882 bits per heavy atom. The molecule has 1 heterocycles. The lowest BCUT2D eigenvalue weighted by atomic mass is 10.1. The van der Waals surface area contributed by atoms with E-state index in [1.165, 1.54) is 51.4 Å². The van der Waals surface area contributed by atoms with Gasteiger partial charge in [0.05, 0.1) is 11.0 Å². The highest BCUT2D eigenvalue weighted by molar-refractivity contribution is 7.93. The average molecular weight is 260 g/mol. The molecule has 102 valence electrons. The molecule has 0 aromatic rings. The van der Waals surface area contributed by atoms with E-state index < -0.39 is 9.84 Å². The SMILES string of the molecule is CCCCCCCCCCCC1CCS1(=O)=O. The third-order valence-electron chi connectivity index (χ3n) is 3.86. The fourth-order valence-electron chi connectivity index (χ4n) is 2.48. The maximum atomic E-state index is 11.3. The van der Waals surface area contributed by atoms with Gasteiger partial charge in [0.2, 0.25) is 0 Å². The molecular formula is C14H28O2S. The third-order valence-corrected chi connectivity index (χ3v) is 6.15. The lowest BCUT2D eigenvalue weighted by Gasteiger charge is -2.25. The van der Waals surface area contributed by atoms with Crippen molar-refractivity contribution in [2.75, 3.05) is 5.75 Å². The summed E-state index contributed by atoms with van der Waals surface area (Å²) in [5.41, 5.74) is 0. The molecule has 0 bridgehead atoms.